The van der Waals surface area contributed by atoms with Crippen LogP contribution in [0, 0.1) is 0 Å². The summed E-state index contributed by atoms with van der Waals surface area (Å²) >= 11 is 0. The highest BCUT2D eigenvalue weighted by Gasteiger charge is 2.26. The first-order chi connectivity index (χ1) is 13.0. The van der Waals surface area contributed by atoms with Crippen LogP contribution in [0.5, 0.6) is 0 Å². The monoisotopic (exact) mass is 366 g/mol. The minimum atomic E-state index is -0.479. The van der Waals surface area contributed by atoms with Crippen LogP contribution in [0.25, 0.3) is 5.57 Å². The van der Waals surface area contributed by atoms with Crippen LogP contribution >= 0.6 is 0 Å². The van der Waals surface area contributed by atoms with Crippen LogP contribution < -0.4 is 5.32 Å². The first-order valence-corrected chi connectivity index (χ1v) is 9.06. The Labute approximate surface area is 156 Å². The molecule has 2 amide bonds. The number of hydrogen-bond donors (Lipinski definition) is 2. The largest absolute Gasteiger partial charge is 0.331 e. The van der Waals surface area contributed by atoms with Crippen LogP contribution in [-0.4, -0.2) is 49.8 Å². The average Bonchev–Trinajstić information content (AvgIpc) is 3.09. The lowest BCUT2D eigenvalue weighted by Gasteiger charge is -2.13. The molecule has 1 unspecified atom stereocenters. The molecule has 0 bridgehead atoms. The number of nitrogens with zero attached hydrogens (tertiary/aromatic N) is 4. The van der Waals surface area contributed by atoms with Crippen molar-refractivity contribution in [2.24, 2.45) is 0 Å². The zero-order valence-electron chi connectivity index (χ0n) is 15.2. The van der Waals surface area contributed by atoms with Gasteiger partial charge in [-0.25, -0.2) is 0 Å². The molecule has 1 aliphatic heterocycles. The predicted molar refractivity (Wildman–Crippen MR) is 101 cm³/mol. The molecule has 2 aliphatic rings. The van der Waals surface area contributed by atoms with Gasteiger partial charge in [0, 0.05) is 42.5 Å². The van der Waals surface area contributed by atoms with Crippen molar-refractivity contribution >= 4 is 23.2 Å². The third kappa shape index (κ3) is 3.55. The Balaban J connectivity index is 1.39. The topological polar surface area (TPSA) is 95.9 Å². The van der Waals surface area contributed by atoms with Gasteiger partial charge >= 0.3 is 0 Å². The summed E-state index contributed by atoms with van der Waals surface area (Å²) in [7, 11) is 0. The molecule has 2 aromatic rings. The van der Waals surface area contributed by atoms with Crippen molar-refractivity contribution in [1.29, 1.82) is 0 Å². The second kappa shape index (κ2) is 6.86. The average molecular weight is 366 g/mol. The van der Waals surface area contributed by atoms with Gasteiger partial charge in [0.05, 0.1) is 6.20 Å². The van der Waals surface area contributed by atoms with Crippen molar-refractivity contribution < 1.29 is 9.59 Å². The number of anilines is 1. The summed E-state index contributed by atoms with van der Waals surface area (Å²) in [5.41, 5.74) is 3.00. The highest BCUT2D eigenvalue weighted by atomic mass is 16.2. The van der Waals surface area contributed by atoms with Crippen molar-refractivity contribution in [3.63, 3.8) is 0 Å². The minimum absolute atomic E-state index is 0.0917. The molecule has 1 aliphatic carbocycles. The fourth-order valence-electron chi connectivity index (χ4n) is 3.13. The normalized spacial score (nSPS) is 17.5. The second-order valence-electron chi connectivity index (χ2n) is 7.01. The SMILES string of the molecule is C=CC(=O)N1CC=C(c2cnn(C(C)C(=O)Nc3cc(C4CC4)[nH]n3)c2)C1. The van der Waals surface area contributed by atoms with Crippen molar-refractivity contribution in [3.05, 3.63) is 48.4 Å². The molecule has 0 saturated heterocycles. The standard InChI is InChI=1S/C19H22N6O2/c1-3-18(26)24-7-6-14(10-24)15-9-20-25(11-15)12(2)19(27)21-17-8-16(22-23-17)13-4-5-13/h3,6,8-9,11-13H,1,4-5,7,10H2,2H3,(H2,21,22,23,27). The van der Waals surface area contributed by atoms with Crippen molar-refractivity contribution in [2.75, 3.05) is 18.4 Å². The number of aromatic nitrogens is 4. The Hall–Kier alpha value is -3.16. The van der Waals surface area contributed by atoms with Crippen LogP contribution in [0.4, 0.5) is 5.82 Å². The quantitative estimate of drug-likeness (QED) is 0.765. The van der Waals surface area contributed by atoms with Gasteiger partial charge in [-0.1, -0.05) is 12.7 Å². The van der Waals surface area contributed by atoms with E-state index in [4.69, 9.17) is 0 Å². The van der Waals surface area contributed by atoms with Gasteiger partial charge in [0.25, 0.3) is 0 Å². The van der Waals surface area contributed by atoms with Gasteiger partial charge in [0.15, 0.2) is 5.82 Å². The van der Waals surface area contributed by atoms with E-state index in [1.165, 1.54) is 18.9 Å². The second-order valence-corrected chi connectivity index (χ2v) is 7.01. The van der Waals surface area contributed by atoms with Gasteiger partial charge in [-0.15, -0.1) is 0 Å². The van der Waals surface area contributed by atoms with Crippen LogP contribution in [0.2, 0.25) is 0 Å². The third-order valence-electron chi connectivity index (χ3n) is 5.02. The van der Waals surface area contributed by atoms with E-state index in [9.17, 15) is 9.59 Å². The maximum absolute atomic E-state index is 12.5. The summed E-state index contributed by atoms with van der Waals surface area (Å²) in [4.78, 5) is 25.9. The number of nitrogens with one attached hydrogen (secondary N) is 2. The fourth-order valence-corrected chi connectivity index (χ4v) is 3.13. The number of hydrogen-bond acceptors (Lipinski definition) is 4. The number of carbonyl (C=O) groups is 2. The van der Waals surface area contributed by atoms with Crippen LogP contribution in [0.1, 0.15) is 43.0 Å². The molecule has 1 fully saturated rings. The zero-order chi connectivity index (χ0) is 19.0. The van der Waals surface area contributed by atoms with E-state index in [0.29, 0.717) is 24.8 Å². The number of H-pyrrole nitrogens is 1. The molecule has 140 valence electrons. The van der Waals surface area contributed by atoms with E-state index in [-0.39, 0.29) is 11.8 Å². The summed E-state index contributed by atoms with van der Waals surface area (Å²) < 4.78 is 1.62. The number of aromatic amines is 1. The summed E-state index contributed by atoms with van der Waals surface area (Å²) in [5.74, 6) is 0.827. The molecular formula is C19H22N6O2. The molecule has 0 radical (unpaired) electrons. The Kier molecular flexibility index (Phi) is 4.39. The van der Waals surface area contributed by atoms with Gasteiger partial charge < -0.3 is 10.2 Å². The first-order valence-electron chi connectivity index (χ1n) is 9.06. The molecule has 8 nitrogen and oxygen atoms in total. The molecule has 2 N–H and O–H groups in total. The smallest absolute Gasteiger partial charge is 0.250 e. The number of rotatable bonds is 6. The predicted octanol–water partition coefficient (Wildman–Crippen LogP) is 2.09. The molecule has 27 heavy (non-hydrogen) atoms. The van der Waals surface area contributed by atoms with E-state index in [2.05, 4.69) is 27.2 Å². The Morgan fingerprint density at radius 1 is 1.44 bits per heavy atom. The first kappa shape index (κ1) is 17.3. The van der Waals surface area contributed by atoms with Gasteiger partial charge in [0.2, 0.25) is 11.8 Å². The van der Waals surface area contributed by atoms with Gasteiger partial charge in [-0.2, -0.15) is 10.2 Å². The van der Waals surface area contributed by atoms with Gasteiger partial charge in [-0.05, 0) is 31.4 Å². The summed E-state index contributed by atoms with van der Waals surface area (Å²) in [5, 5.41) is 14.3. The van der Waals surface area contributed by atoms with E-state index >= 15 is 0 Å². The highest BCUT2D eigenvalue weighted by Crippen LogP contribution is 2.39. The molecule has 1 atom stereocenters. The molecule has 2 aromatic heterocycles. The molecule has 1 saturated carbocycles. The maximum Gasteiger partial charge on any atom is 0.250 e. The summed E-state index contributed by atoms with van der Waals surface area (Å²) in [6.45, 7) is 6.39. The lowest BCUT2D eigenvalue weighted by molar-refractivity contribution is -0.124. The zero-order valence-corrected chi connectivity index (χ0v) is 15.2. The molecule has 0 aromatic carbocycles. The van der Waals surface area contributed by atoms with E-state index in [1.807, 2.05) is 18.3 Å². The van der Waals surface area contributed by atoms with E-state index in [0.717, 1.165) is 16.8 Å². The number of amides is 2. The Morgan fingerprint density at radius 3 is 3.00 bits per heavy atom. The lowest BCUT2D eigenvalue weighted by atomic mass is 10.1. The number of carbonyl (C=O) groups excluding carboxylic acids is 2. The maximum atomic E-state index is 12.5. The Bertz CT molecular complexity index is 920. The van der Waals surface area contributed by atoms with Gasteiger partial charge in [-0.3, -0.25) is 19.4 Å². The van der Waals surface area contributed by atoms with E-state index < -0.39 is 6.04 Å². The van der Waals surface area contributed by atoms with E-state index in [1.54, 1.807) is 22.7 Å². The van der Waals surface area contributed by atoms with Crippen LogP contribution in [-0.2, 0) is 9.59 Å². The summed E-state index contributed by atoms with van der Waals surface area (Å²) in [6, 6.07) is 1.42. The molecule has 8 heteroatoms. The lowest BCUT2D eigenvalue weighted by Crippen LogP contribution is -2.26. The van der Waals surface area contributed by atoms with Crippen molar-refractivity contribution in [2.45, 2.75) is 31.7 Å². The van der Waals surface area contributed by atoms with Crippen molar-refractivity contribution in [3.8, 4) is 0 Å². The molecule has 3 heterocycles. The van der Waals surface area contributed by atoms with Crippen molar-refractivity contribution in [1.82, 2.24) is 24.9 Å². The molecular weight excluding hydrogens is 344 g/mol. The molecule has 0 spiro atoms. The minimum Gasteiger partial charge on any atom is -0.331 e. The fraction of sp³-hybridized carbons (Fsp3) is 0.368. The third-order valence-corrected chi connectivity index (χ3v) is 5.02. The molecule has 4 rings (SSSR count). The van der Waals surface area contributed by atoms with Crippen LogP contribution in [0.3, 0.4) is 0 Å². The summed E-state index contributed by atoms with van der Waals surface area (Å²) in [6.07, 6.45) is 9.21. The Morgan fingerprint density at radius 2 is 2.26 bits per heavy atom. The van der Waals surface area contributed by atoms with Crippen LogP contribution in [0.15, 0.2) is 37.2 Å². The van der Waals surface area contributed by atoms with Gasteiger partial charge in [0.1, 0.15) is 6.04 Å². The highest BCUT2D eigenvalue weighted by molar-refractivity contribution is 5.92.